The molecule has 1 N–H and O–H groups in total. The van der Waals surface area contributed by atoms with Crippen LogP contribution in [0.3, 0.4) is 0 Å². The Kier molecular flexibility index (Phi) is 15.9. The summed E-state index contributed by atoms with van der Waals surface area (Å²) in [7, 11) is -6.78. The van der Waals surface area contributed by atoms with Crippen LogP contribution in [-0.2, 0) is 30.2 Å². The standard InChI is InChI=1S/C26H28O2S.C13H12O2S.C6H14O/c1-2-3-7-20-24-25(21-14-8-4-9-15-21)26(24,22-16-10-5-11-17-22)29(27,28)23-18-12-6-13-19-23;14-16(15,13-9-5-2-6-10-13)11-12-7-3-1-4-8-12;1-2-3-4-5-6-7/h4-6,8-19,24-25H,2-3,7,20H2,1H3;1-10H,11H2;7H,2-6H2,1H3/t24-,25-,26-;;/m0../s1. The van der Waals surface area contributed by atoms with E-state index >= 15 is 0 Å². The van der Waals surface area contributed by atoms with Gasteiger partial charge < -0.3 is 5.11 Å². The molecular formula is C45H54O5S2. The van der Waals surface area contributed by atoms with E-state index in [1.807, 2.05) is 103 Å². The van der Waals surface area contributed by atoms with Crippen molar-refractivity contribution < 1.29 is 21.9 Å². The van der Waals surface area contributed by atoms with E-state index in [-0.39, 0.29) is 17.6 Å². The Morgan fingerprint density at radius 1 is 0.538 bits per heavy atom. The zero-order valence-corrected chi connectivity index (χ0v) is 32.2. The van der Waals surface area contributed by atoms with Gasteiger partial charge >= 0.3 is 0 Å². The Morgan fingerprint density at radius 2 is 1.00 bits per heavy atom. The maximum absolute atomic E-state index is 14.1. The van der Waals surface area contributed by atoms with Crippen LogP contribution in [0, 0.1) is 5.92 Å². The second kappa shape index (κ2) is 20.3. The van der Waals surface area contributed by atoms with Crippen molar-refractivity contribution in [3.05, 3.63) is 168 Å². The van der Waals surface area contributed by atoms with E-state index in [1.165, 1.54) is 19.3 Å². The van der Waals surface area contributed by atoms with E-state index in [0.29, 0.717) is 16.4 Å². The van der Waals surface area contributed by atoms with Crippen LogP contribution in [0.4, 0.5) is 0 Å². The van der Waals surface area contributed by atoms with Gasteiger partial charge in [-0.15, -0.1) is 0 Å². The average Bonchev–Trinajstić information content (AvgIpc) is 3.87. The zero-order chi connectivity index (χ0) is 37.3. The smallest absolute Gasteiger partial charge is 0.189 e. The van der Waals surface area contributed by atoms with E-state index < -0.39 is 24.4 Å². The largest absolute Gasteiger partial charge is 0.396 e. The van der Waals surface area contributed by atoms with Gasteiger partial charge in [-0.25, -0.2) is 16.8 Å². The van der Waals surface area contributed by atoms with Crippen molar-refractivity contribution in [2.75, 3.05) is 6.61 Å². The van der Waals surface area contributed by atoms with Gasteiger partial charge in [0.05, 0.1) is 15.5 Å². The van der Waals surface area contributed by atoms with E-state index in [0.717, 1.165) is 48.8 Å². The molecule has 5 aromatic rings. The molecule has 0 amide bonds. The van der Waals surface area contributed by atoms with Gasteiger partial charge in [0.2, 0.25) is 0 Å². The summed E-state index contributed by atoms with van der Waals surface area (Å²) in [5.41, 5.74) is 2.85. The molecule has 1 aliphatic rings. The van der Waals surface area contributed by atoms with Crippen LogP contribution in [0.1, 0.15) is 87.8 Å². The summed E-state index contributed by atoms with van der Waals surface area (Å²) in [5, 5.41) is 8.29. The van der Waals surface area contributed by atoms with Gasteiger partial charge in [-0.1, -0.05) is 180 Å². The molecule has 0 aromatic heterocycles. The third-order valence-corrected chi connectivity index (χ3v) is 13.9. The van der Waals surface area contributed by atoms with Gasteiger partial charge in [0.25, 0.3) is 0 Å². The van der Waals surface area contributed by atoms with Crippen LogP contribution in [0.5, 0.6) is 0 Å². The summed E-state index contributed by atoms with van der Waals surface area (Å²) in [5.74, 6) is 0.120. The van der Waals surface area contributed by atoms with Gasteiger partial charge in [-0.3, -0.25) is 0 Å². The predicted octanol–water partition coefficient (Wildman–Crippen LogP) is 10.6. The summed E-state index contributed by atoms with van der Waals surface area (Å²) in [6, 6.07) is 46.8. The molecule has 1 aliphatic carbocycles. The molecule has 0 aliphatic heterocycles. The molecule has 0 bridgehead atoms. The number of aliphatic hydroxyl groups excluding tert-OH is 1. The van der Waals surface area contributed by atoms with Gasteiger partial charge in [0.15, 0.2) is 19.7 Å². The van der Waals surface area contributed by atoms with Crippen molar-refractivity contribution in [3.8, 4) is 0 Å². The fraction of sp³-hybridized carbons (Fsp3) is 0.333. The first-order valence-electron chi connectivity index (χ1n) is 18.6. The highest BCUT2D eigenvalue weighted by atomic mass is 32.2. The first kappa shape index (κ1) is 40.7. The van der Waals surface area contributed by atoms with Crippen LogP contribution in [0.15, 0.2) is 161 Å². The maximum atomic E-state index is 14.1. The number of unbranched alkanes of at least 4 members (excludes halogenated alkanes) is 5. The third-order valence-electron chi connectivity index (χ3n) is 9.62. The number of rotatable bonds is 15. The monoisotopic (exact) mass is 738 g/mol. The lowest BCUT2D eigenvalue weighted by atomic mass is 10.0. The van der Waals surface area contributed by atoms with Gasteiger partial charge in [-0.05, 0) is 59.7 Å². The summed E-state index contributed by atoms with van der Waals surface area (Å²) < 4.78 is 51.4. The van der Waals surface area contributed by atoms with Crippen molar-refractivity contribution in [3.63, 3.8) is 0 Å². The second-order valence-electron chi connectivity index (χ2n) is 13.3. The first-order valence-corrected chi connectivity index (χ1v) is 21.7. The Balaban J connectivity index is 0.000000220. The Labute approximate surface area is 312 Å². The molecule has 1 fully saturated rings. The topological polar surface area (TPSA) is 88.5 Å². The van der Waals surface area contributed by atoms with E-state index in [9.17, 15) is 16.8 Å². The normalized spacial score (nSPS) is 17.9. The molecule has 52 heavy (non-hydrogen) atoms. The van der Waals surface area contributed by atoms with Crippen molar-refractivity contribution >= 4 is 19.7 Å². The summed E-state index contributed by atoms with van der Waals surface area (Å²) in [4.78, 5) is 0.793. The predicted molar refractivity (Wildman–Crippen MR) is 214 cm³/mol. The van der Waals surface area contributed by atoms with Crippen molar-refractivity contribution in [2.45, 2.75) is 91.4 Å². The molecule has 0 saturated heterocycles. The number of aliphatic hydroxyl groups is 1. The molecule has 0 unspecified atom stereocenters. The second-order valence-corrected chi connectivity index (χ2v) is 17.5. The minimum absolute atomic E-state index is 0.0202. The summed E-state index contributed by atoms with van der Waals surface area (Å²) in [6.45, 7) is 4.71. The zero-order valence-electron chi connectivity index (χ0n) is 30.6. The van der Waals surface area contributed by atoms with Crippen LogP contribution in [0.25, 0.3) is 0 Å². The van der Waals surface area contributed by atoms with Crippen LogP contribution in [0.2, 0.25) is 0 Å². The SMILES string of the molecule is CCCCCCO.CCCCC[C@H]1[C@H](c2ccccc2)[C@@]1(c1ccccc1)S(=O)(=O)c1ccccc1.O=S(=O)(Cc1ccccc1)c1ccccc1. The lowest BCUT2D eigenvalue weighted by Crippen LogP contribution is -2.25. The highest BCUT2D eigenvalue weighted by molar-refractivity contribution is 7.92. The van der Waals surface area contributed by atoms with E-state index in [1.54, 1.807) is 36.4 Å². The minimum atomic E-state index is -3.56. The number of hydrogen-bond acceptors (Lipinski definition) is 5. The van der Waals surface area contributed by atoms with Crippen molar-refractivity contribution in [1.82, 2.24) is 0 Å². The minimum Gasteiger partial charge on any atom is -0.396 e. The quantitative estimate of drug-likeness (QED) is 0.108. The van der Waals surface area contributed by atoms with Crippen molar-refractivity contribution in [2.24, 2.45) is 5.92 Å². The maximum Gasteiger partial charge on any atom is 0.189 e. The first-order chi connectivity index (χ1) is 25.2. The van der Waals surface area contributed by atoms with E-state index in [4.69, 9.17) is 5.11 Å². The van der Waals surface area contributed by atoms with E-state index in [2.05, 4.69) is 26.0 Å². The van der Waals surface area contributed by atoms with Crippen LogP contribution in [-0.4, -0.2) is 28.5 Å². The van der Waals surface area contributed by atoms with Crippen LogP contribution < -0.4 is 0 Å². The molecule has 5 aromatic carbocycles. The molecule has 0 heterocycles. The Bertz CT molecular complexity index is 1930. The lowest BCUT2D eigenvalue weighted by Gasteiger charge is -2.21. The Hall–Kier alpha value is -4.04. The van der Waals surface area contributed by atoms with Gasteiger partial charge in [0, 0.05) is 12.5 Å². The van der Waals surface area contributed by atoms with Crippen LogP contribution >= 0.6 is 0 Å². The van der Waals surface area contributed by atoms with Gasteiger partial charge in [-0.2, -0.15) is 0 Å². The number of benzene rings is 5. The molecule has 5 nitrogen and oxygen atoms in total. The van der Waals surface area contributed by atoms with Gasteiger partial charge in [0.1, 0.15) is 4.75 Å². The lowest BCUT2D eigenvalue weighted by molar-refractivity contribution is 0.283. The molecule has 3 atom stereocenters. The molecular weight excluding hydrogens is 685 g/mol. The average molecular weight is 739 g/mol. The molecule has 1 saturated carbocycles. The number of sulfone groups is 2. The Morgan fingerprint density at radius 3 is 1.52 bits per heavy atom. The molecule has 7 heteroatoms. The molecule has 0 radical (unpaired) electrons. The summed E-state index contributed by atoms with van der Waals surface area (Å²) >= 11 is 0. The molecule has 6 rings (SSSR count). The third kappa shape index (κ3) is 10.3. The number of hydrogen-bond donors (Lipinski definition) is 1. The summed E-state index contributed by atoms with van der Waals surface area (Å²) in [6.07, 6.45) is 8.93. The highest BCUT2D eigenvalue weighted by Gasteiger charge is 2.73. The van der Waals surface area contributed by atoms with Crippen molar-refractivity contribution in [1.29, 1.82) is 0 Å². The highest BCUT2D eigenvalue weighted by Crippen LogP contribution is 2.71. The fourth-order valence-electron chi connectivity index (χ4n) is 7.02. The molecule has 276 valence electrons. The molecule has 0 spiro atoms. The fourth-order valence-corrected chi connectivity index (χ4v) is 11.0.